The summed E-state index contributed by atoms with van der Waals surface area (Å²) in [6.45, 7) is 3.10. The molecule has 1 saturated heterocycles. The first-order valence-corrected chi connectivity index (χ1v) is 6.00. The van der Waals surface area contributed by atoms with Crippen LogP contribution in [0.2, 0.25) is 0 Å². The Labute approximate surface area is 110 Å². The standard InChI is InChI=1S/C12H14N4O3/c1-8-7-15(3-2-11(8)17)12-9(5-13)4-10(6-14-12)16(18)19/h4,6,8,11,17H,2-3,7H2,1H3. The van der Waals surface area contributed by atoms with Crippen molar-refractivity contribution in [1.29, 1.82) is 5.26 Å². The quantitative estimate of drug-likeness (QED) is 0.631. The van der Waals surface area contributed by atoms with E-state index in [2.05, 4.69) is 4.98 Å². The summed E-state index contributed by atoms with van der Waals surface area (Å²) in [6, 6.07) is 3.18. The topological polar surface area (TPSA) is 103 Å². The summed E-state index contributed by atoms with van der Waals surface area (Å²) >= 11 is 0. The molecule has 1 fully saturated rings. The van der Waals surface area contributed by atoms with Crippen LogP contribution < -0.4 is 4.90 Å². The molecule has 0 saturated carbocycles. The molecule has 2 unspecified atom stereocenters. The fourth-order valence-corrected chi connectivity index (χ4v) is 2.21. The van der Waals surface area contributed by atoms with Crippen molar-refractivity contribution in [2.75, 3.05) is 18.0 Å². The van der Waals surface area contributed by atoms with E-state index in [9.17, 15) is 15.2 Å². The van der Waals surface area contributed by atoms with Gasteiger partial charge in [0.25, 0.3) is 5.69 Å². The second kappa shape index (κ2) is 5.20. The third-order valence-electron chi connectivity index (χ3n) is 3.34. The Hall–Kier alpha value is -2.20. The average Bonchev–Trinajstić information content (AvgIpc) is 2.41. The van der Waals surface area contributed by atoms with Gasteiger partial charge in [0.05, 0.1) is 11.0 Å². The van der Waals surface area contributed by atoms with Gasteiger partial charge in [-0.05, 0) is 12.3 Å². The molecule has 2 heterocycles. The van der Waals surface area contributed by atoms with Crippen LogP contribution in [-0.4, -0.2) is 34.2 Å². The molecule has 1 N–H and O–H groups in total. The Kier molecular flexibility index (Phi) is 3.62. The molecule has 0 aliphatic carbocycles. The number of aromatic nitrogens is 1. The average molecular weight is 262 g/mol. The van der Waals surface area contributed by atoms with Gasteiger partial charge in [-0.25, -0.2) is 4.98 Å². The highest BCUT2D eigenvalue weighted by Gasteiger charge is 2.27. The van der Waals surface area contributed by atoms with Crippen molar-refractivity contribution in [3.05, 3.63) is 27.9 Å². The molecular weight excluding hydrogens is 248 g/mol. The smallest absolute Gasteiger partial charge is 0.289 e. The molecule has 0 aromatic carbocycles. The number of piperidine rings is 1. The molecule has 0 radical (unpaired) electrons. The van der Waals surface area contributed by atoms with E-state index in [1.807, 2.05) is 17.9 Å². The molecule has 0 bridgehead atoms. The van der Waals surface area contributed by atoms with Crippen molar-refractivity contribution in [3.8, 4) is 6.07 Å². The second-order valence-corrected chi connectivity index (χ2v) is 4.71. The van der Waals surface area contributed by atoms with Crippen LogP contribution in [0.1, 0.15) is 18.9 Å². The highest BCUT2D eigenvalue weighted by atomic mass is 16.6. The van der Waals surface area contributed by atoms with E-state index in [1.54, 1.807) is 0 Å². The number of nitrogens with zero attached hydrogens (tertiary/aromatic N) is 4. The minimum Gasteiger partial charge on any atom is -0.393 e. The van der Waals surface area contributed by atoms with Crippen molar-refractivity contribution in [2.24, 2.45) is 5.92 Å². The maximum Gasteiger partial charge on any atom is 0.289 e. The van der Waals surface area contributed by atoms with Gasteiger partial charge in [0.15, 0.2) is 0 Å². The molecule has 0 spiro atoms. The Morgan fingerprint density at radius 2 is 2.42 bits per heavy atom. The van der Waals surface area contributed by atoms with Gasteiger partial charge in [0, 0.05) is 19.2 Å². The molecule has 0 amide bonds. The molecule has 2 atom stereocenters. The van der Waals surface area contributed by atoms with Gasteiger partial charge in [0.1, 0.15) is 23.6 Å². The van der Waals surface area contributed by atoms with Crippen molar-refractivity contribution in [2.45, 2.75) is 19.4 Å². The number of rotatable bonds is 2. The summed E-state index contributed by atoms with van der Waals surface area (Å²) in [4.78, 5) is 16.0. The third kappa shape index (κ3) is 2.63. The summed E-state index contributed by atoms with van der Waals surface area (Å²) in [6.07, 6.45) is 1.41. The minimum atomic E-state index is -0.569. The van der Waals surface area contributed by atoms with Gasteiger partial charge in [-0.2, -0.15) is 5.26 Å². The zero-order valence-electron chi connectivity index (χ0n) is 10.5. The maximum atomic E-state index is 10.7. The molecule has 2 rings (SSSR count). The van der Waals surface area contributed by atoms with E-state index in [4.69, 9.17) is 5.26 Å². The van der Waals surface area contributed by atoms with Crippen LogP contribution in [0.25, 0.3) is 0 Å². The molecule has 100 valence electrons. The molecule has 7 nitrogen and oxygen atoms in total. The Balaban J connectivity index is 2.30. The molecule has 1 aromatic rings. The van der Waals surface area contributed by atoms with Crippen LogP contribution in [0.3, 0.4) is 0 Å². The van der Waals surface area contributed by atoms with Gasteiger partial charge in [-0.15, -0.1) is 0 Å². The predicted molar refractivity (Wildman–Crippen MR) is 67.6 cm³/mol. The van der Waals surface area contributed by atoms with Crippen LogP contribution in [0, 0.1) is 27.4 Å². The van der Waals surface area contributed by atoms with Crippen LogP contribution in [0.4, 0.5) is 11.5 Å². The number of nitro groups is 1. The number of aliphatic hydroxyl groups is 1. The summed E-state index contributed by atoms with van der Waals surface area (Å²) in [5.74, 6) is 0.532. The van der Waals surface area contributed by atoms with Crippen LogP contribution >= 0.6 is 0 Å². The van der Waals surface area contributed by atoms with Gasteiger partial charge in [0.2, 0.25) is 0 Å². The lowest BCUT2D eigenvalue weighted by Gasteiger charge is -2.35. The number of anilines is 1. The highest BCUT2D eigenvalue weighted by Crippen LogP contribution is 2.26. The molecular formula is C12H14N4O3. The van der Waals surface area contributed by atoms with Crippen LogP contribution in [0.15, 0.2) is 12.3 Å². The zero-order chi connectivity index (χ0) is 14.0. The monoisotopic (exact) mass is 262 g/mol. The van der Waals surface area contributed by atoms with E-state index >= 15 is 0 Å². The molecule has 19 heavy (non-hydrogen) atoms. The van der Waals surface area contributed by atoms with Crippen LogP contribution in [-0.2, 0) is 0 Å². The number of hydrogen-bond donors (Lipinski definition) is 1. The van der Waals surface area contributed by atoms with E-state index in [-0.39, 0.29) is 23.3 Å². The molecule has 7 heteroatoms. The summed E-state index contributed by atoms with van der Waals surface area (Å²) in [7, 11) is 0. The van der Waals surface area contributed by atoms with Gasteiger partial charge >= 0.3 is 0 Å². The lowest BCUT2D eigenvalue weighted by atomic mass is 9.96. The normalized spacial score (nSPS) is 22.9. The minimum absolute atomic E-state index is 0.0808. The largest absolute Gasteiger partial charge is 0.393 e. The first-order valence-electron chi connectivity index (χ1n) is 6.00. The van der Waals surface area contributed by atoms with Gasteiger partial charge in [-0.1, -0.05) is 6.92 Å². The van der Waals surface area contributed by atoms with Crippen molar-refractivity contribution in [3.63, 3.8) is 0 Å². The SMILES string of the molecule is CC1CN(c2ncc([N+](=O)[O-])cc2C#N)CCC1O. The first kappa shape index (κ1) is 13.2. The van der Waals surface area contributed by atoms with Crippen molar-refractivity contribution >= 4 is 11.5 Å². The zero-order valence-corrected chi connectivity index (χ0v) is 10.5. The van der Waals surface area contributed by atoms with Crippen molar-refractivity contribution in [1.82, 2.24) is 4.98 Å². The number of hydrogen-bond acceptors (Lipinski definition) is 6. The van der Waals surface area contributed by atoms with Gasteiger partial charge < -0.3 is 10.0 Å². The summed E-state index contributed by atoms with van der Waals surface area (Å²) < 4.78 is 0. The fourth-order valence-electron chi connectivity index (χ4n) is 2.21. The number of pyridine rings is 1. The summed E-state index contributed by atoms with van der Waals surface area (Å²) in [5.41, 5.74) is 0.00295. The highest BCUT2D eigenvalue weighted by molar-refractivity contribution is 5.57. The number of aliphatic hydroxyl groups excluding tert-OH is 1. The Morgan fingerprint density at radius 3 is 3.00 bits per heavy atom. The first-order chi connectivity index (χ1) is 9.02. The molecule has 1 aliphatic rings. The van der Waals surface area contributed by atoms with E-state index < -0.39 is 4.92 Å². The predicted octanol–water partition coefficient (Wildman–Crippen LogP) is 1.07. The van der Waals surface area contributed by atoms with Crippen LogP contribution in [0.5, 0.6) is 0 Å². The molecule has 1 aromatic heterocycles. The molecule has 1 aliphatic heterocycles. The van der Waals surface area contributed by atoms with Gasteiger partial charge in [-0.3, -0.25) is 10.1 Å². The lowest BCUT2D eigenvalue weighted by molar-refractivity contribution is -0.385. The maximum absolute atomic E-state index is 10.7. The van der Waals surface area contributed by atoms with E-state index in [0.29, 0.717) is 25.3 Å². The second-order valence-electron chi connectivity index (χ2n) is 4.71. The lowest BCUT2D eigenvalue weighted by Crippen LogP contribution is -2.42. The fraction of sp³-hybridized carbons (Fsp3) is 0.500. The Bertz CT molecular complexity index is 540. The third-order valence-corrected chi connectivity index (χ3v) is 3.34. The summed E-state index contributed by atoms with van der Waals surface area (Å²) in [5, 5.41) is 29.4. The van der Waals surface area contributed by atoms with E-state index in [1.165, 1.54) is 6.07 Å². The van der Waals surface area contributed by atoms with E-state index in [0.717, 1.165) is 6.20 Å². The van der Waals surface area contributed by atoms with Crippen molar-refractivity contribution < 1.29 is 10.0 Å². The number of nitriles is 1. The Morgan fingerprint density at radius 1 is 1.68 bits per heavy atom.